The molecule has 3 aromatic rings. The van der Waals surface area contributed by atoms with Crippen molar-refractivity contribution in [1.82, 2.24) is 0 Å². The first-order valence-electron chi connectivity index (χ1n) is 6.89. The molecule has 0 aromatic heterocycles. The zero-order valence-corrected chi connectivity index (χ0v) is 11.5. The molecule has 0 atom stereocenters. The van der Waals surface area contributed by atoms with Crippen LogP contribution in [0, 0.1) is 4.91 Å². The second-order valence-electron chi connectivity index (χ2n) is 4.90. The highest BCUT2D eigenvalue weighted by Crippen LogP contribution is 2.40. The van der Waals surface area contributed by atoms with Gasteiger partial charge in [-0.05, 0) is 21.9 Å². The van der Waals surface area contributed by atoms with Gasteiger partial charge >= 0.3 is 0 Å². The van der Waals surface area contributed by atoms with E-state index in [-0.39, 0.29) is 0 Å². The largest absolute Gasteiger partial charge is 0.177 e. The summed E-state index contributed by atoms with van der Waals surface area (Å²) in [5.74, 6) is 0. The zero-order chi connectivity index (χ0) is 14.5. The number of hydrogen-bond acceptors (Lipinski definition) is 2. The lowest BCUT2D eigenvalue weighted by Gasteiger charge is -2.28. The molecule has 0 radical (unpaired) electrons. The highest BCUT2D eigenvalue weighted by Gasteiger charge is 2.37. The second-order valence-corrected chi connectivity index (χ2v) is 4.90. The molecule has 0 aliphatic carbocycles. The third-order valence-electron chi connectivity index (χ3n) is 3.71. The van der Waals surface area contributed by atoms with Crippen LogP contribution >= 0.6 is 0 Å². The van der Waals surface area contributed by atoms with Crippen molar-refractivity contribution < 1.29 is 0 Å². The van der Waals surface area contributed by atoms with Crippen LogP contribution in [0.4, 0.5) is 0 Å². The van der Waals surface area contributed by atoms with Gasteiger partial charge in [0.2, 0.25) is 0 Å². The molecule has 2 heteroatoms. The first-order chi connectivity index (χ1) is 10.4. The van der Waals surface area contributed by atoms with Crippen LogP contribution in [0.25, 0.3) is 0 Å². The Bertz CT molecular complexity index is 612. The summed E-state index contributed by atoms with van der Waals surface area (Å²) < 4.78 is 0. The summed E-state index contributed by atoms with van der Waals surface area (Å²) in [7, 11) is 0. The van der Waals surface area contributed by atoms with Crippen LogP contribution in [0.3, 0.4) is 0 Å². The van der Waals surface area contributed by atoms with E-state index in [4.69, 9.17) is 0 Å². The van der Waals surface area contributed by atoms with Gasteiger partial charge in [0.25, 0.3) is 0 Å². The lowest BCUT2D eigenvalue weighted by atomic mass is 9.78. The molecular weight excluding hydrogens is 258 g/mol. The molecule has 3 aromatic carbocycles. The maximum absolute atomic E-state index is 12.0. The number of benzene rings is 3. The lowest BCUT2D eigenvalue weighted by molar-refractivity contribution is 0.649. The molecule has 2 nitrogen and oxygen atoms in total. The van der Waals surface area contributed by atoms with Crippen molar-refractivity contribution in [3.05, 3.63) is 113 Å². The topological polar surface area (TPSA) is 29.4 Å². The number of nitrogens with zero attached hydrogens (tertiary/aromatic N) is 1. The summed E-state index contributed by atoms with van der Waals surface area (Å²) in [5.41, 5.74) is 1.61. The van der Waals surface area contributed by atoms with E-state index >= 15 is 0 Å². The minimum absolute atomic E-state index is 0.873. The molecule has 0 saturated heterocycles. The molecule has 3 rings (SSSR count). The van der Waals surface area contributed by atoms with Gasteiger partial charge in [0.15, 0.2) is 5.54 Å². The van der Waals surface area contributed by atoms with Crippen molar-refractivity contribution in [2.24, 2.45) is 5.18 Å². The van der Waals surface area contributed by atoms with Gasteiger partial charge in [-0.15, -0.1) is 4.91 Å². The number of nitroso groups, excluding NO2 is 1. The normalized spacial score (nSPS) is 11.0. The molecule has 102 valence electrons. The second kappa shape index (κ2) is 5.71. The monoisotopic (exact) mass is 273 g/mol. The SMILES string of the molecule is O=NC(c1ccccc1)(c1ccccc1)c1ccccc1. The van der Waals surface area contributed by atoms with Crippen LogP contribution in [-0.2, 0) is 5.54 Å². The molecular formula is C19H15NO. The quantitative estimate of drug-likeness (QED) is 0.498. The van der Waals surface area contributed by atoms with Crippen molar-refractivity contribution in [2.75, 3.05) is 0 Å². The third kappa shape index (κ3) is 2.25. The highest BCUT2D eigenvalue weighted by atomic mass is 16.3. The van der Waals surface area contributed by atoms with Crippen LogP contribution in [0.1, 0.15) is 16.7 Å². The summed E-state index contributed by atoms with van der Waals surface area (Å²) in [4.78, 5) is 12.0. The fourth-order valence-corrected chi connectivity index (χ4v) is 2.70. The van der Waals surface area contributed by atoms with Crippen molar-refractivity contribution in [1.29, 1.82) is 0 Å². The predicted molar refractivity (Wildman–Crippen MR) is 85.0 cm³/mol. The number of hydrogen-bond donors (Lipinski definition) is 0. The Morgan fingerprint density at radius 2 is 0.810 bits per heavy atom. The Kier molecular flexibility index (Phi) is 3.61. The Morgan fingerprint density at radius 1 is 0.524 bits per heavy atom. The minimum Gasteiger partial charge on any atom is -0.149 e. The van der Waals surface area contributed by atoms with Crippen LogP contribution in [0.15, 0.2) is 96.2 Å². The van der Waals surface area contributed by atoms with Gasteiger partial charge in [-0.1, -0.05) is 91.0 Å². The fourth-order valence-electron chi connectivity index (χ4n) is 2.70. The van der Waals surface area contributed by atoms with Crippen LogP contribution in [0.2, 0.25) is 0 Å². The minimum atomic E-state index is -1.01. The first-order valence-corrected chi connectivity index (χ1v) is 6.89. The third-order valence-corrected chi connectivity index (χ3v) is 3.71. The van der Waals surface area contributed by atoms with Crippen LogP contribution < -0.4 is 0 Å². The summed E-state index contributed by atoms with van der Waals surface area (Å²) in [6.45, 7) is 0. The summed E-state index contributed by atoms with van der Waals surface area (Å²) in [5, 5.41) is 3.58. The van der Waals surface area contributed by atoms with E-state index < -0.39 is 5.54 Å². The van der Waals surface area contributed by atoms with Gasteiger partial charge in [0.05, 0.1) is 0 Å². The molecule has 0 aliphatic heterocycles. The van der Waals surface area contributed by atoms with Gasteiger partial charge in [-0.2, -0.15) is 0 Å². The van der Waals surface area contributed by atoms with Gasteiger partial charge in [-0.25, -0.2) is 0 Å². The Balaban J connectivity index is 2.31. The highest BCUT2D eigenvalue weighted by molar-refractivity contribution is 5.49. The Hall–Kier alpha value is -2.74. The fraction of sp³-hybridized carbons (Fsp3) is 0.0526. The molecule has 0 heterocycles. The average molecular weight is 273 g/mol. The van der Waals surface area contributed by atoms with Crippen LogP contribution in [-0.4, -0.2) is 0 Å². The molecule has 0 amide bonds. The molecule has 0 saturated carbocycles. The maximum Gasteiger partial charge on any atom is 0.177 e. The first kappa shape index (κ1) is 13.3. The van der Waals surface area contributed by atoms with E-state index in [0.29, 0.717) is 0 Å². The van der Waals surface area contributed by atoms with Crippen molar-refractivity contribution in [2.45, 2.75) is 5.54 Å². The van der Waals surface area contributed by atoms with E-state index in [2.05, 4.69) is 5.18 Å². The molecule has 0 fully saturated rings. The van der Waals surface area contributed by atoms with Gasteiger partial charge < -0.3 is 0 Å². The summed E-state index contributed by atoms with van der Waals surface area (Å²) in [6.07, 6.45) is 0. The Morgan fingerprint density at radius 3 is 1.05 bits per heavy atom. The smallest absolute Gasteiger partial charge is 0.149 e. The molecule has 0 aliphatic rings. The standard InChI is InChI=1S/C19H15NO/c21-20-19(16-10-4-1-5-11-16,17-12-6-2-7-13-17)18-14-8-3-9-15-18/h1-15H. The summed E-state index contributed by atoms with van der Waals surface area (Å²) in [6, 6.07) is 29.1. The summed E-state index contributed by atoms with van der Waals surface area (Å²) >= 11 is 0. The van der Waals surface area contributed by atoms with Crippen molar-refractivity contribution in [3.63, 3.8) is 0 Å². The van der Waals surface area contributed by atoms with Crippen molar-refractivity contribution in [3.8, 4) is 0 Å². The molecule has 21 heavy (non-hydrogen) atoms. The van der Waals surface area contributed by atoms with E-state index in [0.717, 1.165) is 16.7 Å². The maximum atomic E-state index is 12.0. The van der Waals surface area contributed by atoms with Crippen LogP contribution in [0.5, 0.6) is 0 Å². The van der Waals surface area contributed by atoms with E-state index in [1.807, 2.05) is 91.0 Å². The molecule has 0 unspecified atom stereocenters. The van der Waals surface area contributed by atoms with Gasteiger partial charge in [0.1, 0.15) is 0 Å². The number of rotatable bonds is 4. The van der Waals surface area contributed by atoms with Crippen molar-refractivity contribution >= 4 is 0 Å². The average Bonchev–Trinajstić information content (AvgIpc) is 2.59. The Labute approximate surface area is 124 Å². The predicted octanol–water partition coefficient (Wildman–Crippen LogP) is 4.74. The van der Waals surface area contributed by atoms with Gasteiger partial charge in [-0.3, -0.25) is 0 Å². The van der Waals surface area contributed by atoms with E-state index in [1.54, 1.807) is 0 Å². The molecule has 0 N–H and O–H groups in total. The van der Waals surface area contributed by atoms with E-state index in [1.165, 1.54) is 0 Å². The van der Waals surface area contributed by atoms with Gasteiger partial charge in [0, 0.05) is 0 Å². The molecule has 0 spiro atoms. The van der Waals surface area contributed by atoms with E-state index in [9.17, 15) is 4.91 Å². The molecule has 0 bridgehead atoms. The lowest BCUT2D eigenvalue weighted by Crippen LogP contribution is -2.26. The zero-order valence-electron chi connectivity index (χ0n) is 11.5.